The molecule has 2 aliphatic carbocycles. The lowest BCUT2D eigenvalue weighted by atomic mass is 9.51. The summed E-state index contributed by atoms with van der Waals surface area (Å²) in [7, 11) is 1.67. The lowest BCUT2D eigenvalue weighted by Gasteiger charge is -2.49. The van der Waals surface area contributed by atoms with Gasteiger partial charge in [0.2, 0.25) is 23.6 Å². The topological polar surface area (TPSA) is 113 Å². The Bertz CT molecular complexity index is 2490. The predicted octanol–water partition coefficient (Wildman–Crippen LogP) is 8.20. The second kappa shape index (κ2) is 11.8. The first-order chi connectivity index (χ1) is 25.3. The second-order valence-corrected chi connectivity index (χ2v) is 16.5. The fourth-order valence-corrected chi connectivity index (χ4v) is 10.8. The Hall–Kier alpha value is -4.84. The van der Waals surface area contributed by atoms with E-state index < -0.39 is 64.3 Å². The smallest absolute Gasteiger partial charge is 0.242 e. The van der Waals surface area contributed by atoms with Gasteiger partial charge in [0, 0.05) is 39.3 Å². The van der Waals surface area contributed by atoms with Crippen molar-refractivity contribution in [3.05, 3.63) is 105 Å². The third-order valence-electron chi connectivity index (χ3n) is 11.9. The fourth-order valence-electron chi connectivity index (χ4n) is 9.40. The molecule has 1 saturated carbocycles. The third kappa shape index (κ3) is 4.69. The molecule has 0 spiro atoms. The van der Waals surface area contributed by atoms with E-state index in [0.29, 0.717) is 27.0 Å². The third-order valence-corrected chi connectivity index (χ3v) is 13.7. The number of hydrogen-bond donors (Lipinski definition) is 1. The standard InChI is InChI=1S/C40H31Cl2FN4O5S/c1-18-25-15-20(42)9-14-30(25)53-35(18)29-17-31(45(3)44-29)47-37(50)27-16-26-22(33(40(27,2)39(47)52)24-5-4-6-28(43)34(24)48)12-13-23-32(26)38(51)46(36(23)49)21-10-7-19(41)8-11-21/h4-12,14-15,17,23,26-27,32-33,48H,13,16H2,1-3H3. The predicted molar refractivity (Wildman–Crippen MR) is 200 cm³/mol. The highest BCUT2D eigenvalue weighted by molar-refractivity contribution is 7.22. The van der Waals surface area contributed by atoms with Crippen LogP contribution in [0.3, 0.4) is 0 Å². The zero-order valence-corrected chi connectivity index (χ0v) is 31.0. The van der Waals surface area contributed by atoms with Gasteiger partial charge in [-0.1, -0.05) is 47.0 Å². The summed E-state index contributed by atoms with van der Waals surface area (Å²) in [6.45, 7) is 3.66. The number of fused-ring (bicyclic) bond motifs is 5. The van der Waals surface area contributed by atoms with Crippen LogP contribution < -0.4 is 9.80 Å². The van der Waals surface area contributed by atoms with E-state index in [1.165, 1.54) is 27.0 Å². The van der Waals surface area contributed by atoms with E-state index in [-0.39, 0.29) is 30.1 Å². The molecule has 268 valence electrons. The largest absolute Gasteiger partial charge is 0.505 e. The van der Waals surface area contributed by atoms with Crippen LogP contribution in [0.15, 0.2) is 78.4 Å². The summed E-state index contributed by atoms with van der Waals surface area (Å²) in [5.41, 5.74) is 1.24. The first kappa shape index (κ1) is 34.0. The summed E-state index contributed by atoms with van der Waals surface area (Å²) in [6, 6.07) is 18.0. The number of carbonyl (C=O) groups excluding carboxylic acids is 4. The average Bonchev–Trinajstić information content (AvgIpc) is 3.80. The molecule has 3 aromatic carbocycles. The average molecular weight is 770 g/mol. The van der Waals surface area contributed by atoms with Gasteiger partial charge in [0.05, 0.1) is 33.7 Å². The van der Waals surface area contributed by atoms with Crippen molar-refractivity contribution in [2.24, 2.45) is 36.1 Å². The van der Waals surface area contributed by atoms with Crippen molar-refractivity contribution >= 4 is 79.8 Å². The van der Waals surface area contributed by atoms with E-state index in [0.717, 1.165) is 31.5 Å². The molecule has 4 aliphatic rings. The first-order valence-electron chi connectivity index (χ1n) is 17.2. The zero-order chi connectivity index (χ0) is 37.2. The molecule has 0 radical (unpaired) electrons. The van der Waals surface area contributed by atoms with E-state index >= 15 is 4.39 Å². The Kier molecular flexibility index (Phi) is 7.58. The number of phenolic OH excluding ortho intramolecular Hbond substituents is 1. The Morgan fingerprint density at radius 3 is 2.42 bits per heavy atom. The molecule has 0 bridgehead atoms. The Morgan fingerprint density at radius 1 is 0.925 bits per heavy atom. The van der Waals surface area contributed by atoms with Gasteiger partial charge in [-0.3, -0.25) is 28.8 Å². The Morgan fingerprint density at radius 2 is 1.66 bits per heavy atom. The highest BCUT2D eigenvalue weighted by Crippen LogP contribution is 2.64. The number of imide groups is 2. The number of aromatic hydroxyl groups is 1. The number of benzene rings is 3. The maximum atomic E-state index is 15.1. The fraction of sp³-hybridized carbons (Fsp3) is 0.275. The monoisotopic (exact) mass is 768 g/mol. The number of nitrogens with zero attached hydrogens (tertiary/aromatic N) is 4. The van der Waals surface area contributed by atoms with Gasteiger partial charge in [-0.2, -0.15) is 5.10 Å². The Labute approximate surface area is 317 Å². The van der Waals surface area contributed by atoms with Crippen LogP contribution in [0.5, 0.6) is 5.75 Å². The van der Waals surface area contributed by atoms with Crippen LogP contribution in [-0.2, 0) is 26.2 Å². The minimum atomic E-state index is -1.48. The summed E-state index contributed by atoms with van der Waals surface area (Å²) in [6.07, 6.45) is 2.17. The number of phenols is 1. The molecule has 1 N–H and O–H groups in total. The van der Waals surface area contributed by atoms with Crippen molar-refractivity contribution in [2.75, 3.05) is 9.80 Å². The number of rotatable bonds is 4. The summed E-state index contributed by atoms with van der Waals surface area (Å²) >= 11 is 13.9. The van der Waals surface area contributed by atoms with Gasteiger partial charge in [-0.05, 0) is 92.1 Å². The number of amides is 4. The molecule has 3 fully saturated rings. The number of carbonyl (C=O) groups is 4. The van der Waals surface area contributed by atoms with Gasteiger partial charge in [-0.15, -0.1) is 11.3 Å². The number of anilines is 2. The number of hydrogen-bond acceptors (Lipinski definition) is 7. The zero-order valence-electron chi connectivity index (χ0n) is 28.6. The van der Waals surface area contributed by atoms with Crippen molar-refractivity contribution in [2.45, 2.75) is 32.6 Å². The molecule has 2 aliphatic heterocycles. The van der Waals surface area contributed by atoms with Crippen molar-refractivity contribution in [1.82, 2.24) is 9.78 Å². The normalized spacial score (nSPS) is 26.7. The minimum Gasteiger partial charge on any atom is -0.505 e. The quantitative estimate of drug-likeness (QED) is 0.146. The molecular weight excluding hydrogens is 738 g/mol. The maximum absolute atomic E-state index is 15.1. The van der Waals surface area contributed by atoms with Crippen LogP contribution in [0.25, 0.3) is 20.7 Å². The molecule has 5 aromatic rings. The van der Waals surface area contributed by atoms with Crippen LogP contribution in [-0.4, -0.2) is 38.5 Å². The highest BCUT2D eigenvalue weighted by atomic mass is 35.5. The number of thiophene rings is 1. The molecule has 4 heterocycles. The Balaban J connectivity index is 1.16. The maximum Gasteiger partial charge on any atom is 0.242 e. The summed E-state index contributed by atoms with van der Waals surface area (Å²) < 4.78 is 17.6. The number of aromatic nitrogens is 2. The lowest BCUT2D eigenvalue weighted by Crippen LogP contribution is -2.49. The van der Waals surface area contributed by atoms with Crippen molar-refractivity contribution in [1.29, 1.82) is 0 Å². The van der Waals surface area contributed by atoms with Gasteiger partial charge in [0.15, 0.2) is 11.6 Å². The van der Waals surface area contributed by atoms with Crippen molar-refractivity contribution in [3.63, 3.8) is 0 Å². The molecule has 2 aromatic heterocycles. The van der Waals surface area contributed by atoms with E-state index in [1.807, 2.05) is 31.2 Å². The minimum absolute atomic E-state index is 0.103. The lowest BCUT2D eigenvalue weighted by molar-refractivity contribution is -0.131. The molecule has 9 nitrogen and oxygen atoms in total. The van der Waals surface area contributed by atoms with E-state index in [4.69, 9.17) is 28.3 Å². The van der Waals surface area contributed by atoms with E-state index in [1.54, 1.807) is 50.4 Å². The number of allylic oxidation sites excluding steroid dienone is 2. The highest BCUT2D eigenvalue weighted by Gasteiger charge is 2.68. The molecule has 2 saturated heterocycles. The molecular formula is C40H31Cl2FN4O5S. The van der Waals surface area contributed by atoms with Gasteiger partial charge < -0.3 is 5.11 Å². The summed E-state index contributed by atoms with van der Waals surface area (Å²) in [4.78, 5) is 61.1. The van der Waals surface area contributed by atoms with Crippen molar-refractivity contribution < 1.29 is 28.7 Å². The van der Waals surface area contributed by atoms with Crippen LogP contribution in [0.2, 0.25) is 10.0 Å². The summed E-state index contributed by atoms with van der Waals surface area (Å²) in [5.74, 6) is -7.11. The second-order valence-electron chi connectivity index (χ2n) is 14.5. The first-order valence-corrected chi connectivity index (χ1v) is 18.8. The van der Waals surface area contributed by atoms with Gasteiger partial charge in [0.25, 0.3) is 0 Å². The molecule has 9 rings (SSSR count). The van der Waals surface area contributed by atoms with Crippen LogP contribution in [0.1, 0.15) is 36.8 Å². The van der Waals surface area contributed by atoms with Crippen LogP contribution in [0.4, 0.5) is 15.9 Å². The number of aryl methyl sites for hydroxylation is 2. The number of para-hydroxylation sites is 1. The summed E-state index contributed by atoms with van der Waals surface area (Å²) in [5, 5.41) is 18.0. The van der Waals surface area contributed by atoms with E-state index in [9.17, 15) is 24.3 Å². The molecule has 6 atom stereocenters. The van der Waals surface area contributed by atoms with Gasteiger partial charge >= 0.3 is 0 Å². The molecule has 53 heavy (non-hydrogen) atoms. The molecule has 4 amide bonds. The van der Waals surface area contributed by atoms with E-state index in [2.05, 4.69) is 0 Å². The van der Waals surface area contributed by atoms with Crippen LogP contribution in [0, 0.1) is 41.8 Å². The van der Waals surface area contributed by atoms with Gasteiger partial charge in [-0.25, -0.2) is 9.29 Å². The SMILES string of the molecule is Cc1c(-c2cc(N3C(=O)C4CC5C(=CCC6C(=O)N(c7ccc(Cl)cc7)C(=O)C65)C(c5cccc(F)c5O)C4(C)C3=O)n(C)n2)sc2ccc(Cl)cc12. The number of halogens is 3. The van der Waals surface area contributed by atoms with Crippen molar-refractivity contribution in [3.8, 4) is 16.3 Å². The van der Waals surface area contributed by atoms with Crippen LogP contribution >= 0.6 is 34.5 Å². The molecule has 13 heteroatoms. The van der Waals surface area contributed by atoms with Gasteiger partial charge in [0.1, 0.15) is 11.5 Å². The molecule has 6 unspecified atom stereocenters.